The van der Waals surface area contributed by atoms with Crippen molar-refractivity contribution in [2.24, 2.45) is 0 Å². The van der Waals surface area contributed by atoms with Crippen LogP contribution in [0.15, 0.2) is 66.7 Å². The lowest BCUT2D eigenvalue weighted by Crippen LogP contribution is -2.48. The SMILES string of the molecule is CN(C)C(=O)C(C=Cc1ccccc1)N1CCC(c2ccccc2)CC1. The fourth-order valence-electron chi connectivity index (χ4n) is 3.63. The van der Waals surface area contributed by atoms with Crippen LogP contribution in [-0.2, 0) is 4.79 Å². The Hall–Kier alpha value is -2.39. The Morgan fingerprint density at radius 2 is 1.58 bits per heavy atom. The minimum absolute atomic E-state index is 0.148. The third kappa shape index (κ3) is 4.61. The topological polar surface area (TPSA) is 23.6 Å². The molecule has 0 N–H and O–H groups in total. The highest BCUT2D eigenvalue weighted by Gasteiger charge is 2.29. The summed E-state index contributed by atoms with van der Waals surface area (Å²) in [5, 5.41) is 0. The highest BCUT2D eigenvalue weighted by molar-refractivity contribution is 5.84. The molecule has 2 aromatic carbocycles. The molecular weight excluding hydrogens is 320 g/mol. The lowest BCUT2D eigenvalue weighted by atomic mass is 9.89. The van der Waals surface area contributed by atoms with E-state index in [0.29, 0.717) is 5.92 Å². The number of hydrogen-bond donors (Lipinski definition) is 0. The van der Waals surface area contributed by atoms with Crippen LogP contribution >= 0.6 is 0 Å². The molecular formula is C23H28N2O. The van der Waals surface area contributed by atoms with Gasteiger partial charge in [0.05, 0.1) is 0 Å². The standard InChI is InChI=1S/C23H28N2O/c1-24(2)23(26)22(14-13-19-9-5-3-6-10-19)25-17-15-21(16-18-25)20-11-7-4-8-12-20/h3-14,21-22H,15-18H2,1-2H3. The highest BCUT2D eigenvalue weighted by Crippen LogP contribution is 2.29. The smallest absolute Gasteiger partial charge is 0.243 e. The summed E-state index contributed by atoms with van der Waals surface area (Å²) < 4.78 is 0. The largest absolute Gasteiger partial charge is 0.347 e. The zero-order valence-corrected chi connectivity index (χ0v) is 15.7. The Morgan fingerprint density at radius 1 is 1.00 bits per heavy atom. The van der Waals surface area contributed by atoms with E-state index in [9.17, 15) is 4.79 Å². The van der Waals surface area contributed by atoms with Gasteiger partial charge in [-0.2, -0.15) is 0 Å². The molecule has 1 heterocycles. The summed E-state index contributed by atoms with van der Waals surface area (Å²) in [5.41, 5.74) is 2.55. The van der Waals surface area contributed by atoms with Gasteiger partial charge in [-0.05, 0) is 43.0 Å². The number of likely N-dealkylation sites (N-methyl/N-ethyl adjacent to an activating group) is 1. The molecule has 1 fully saturated rings. The van der Waals surface area contributed by atoms with E-state index in [1.54, 1.807) is 4.90 Å². The van der Waals surface area contributed by atoms with E-state index in [2.05, 4.69) is 59.5 Å². The van der Waals surface area contributed by atoms with Crippen LogP contribution < -0.4 is 0 Å². The molecule has 0 aliphatic carbocycles. The maximum Gasteiger partial charge on any atom is 0.243 e. The Balaban J connectivity index is 1.70. The predicted octanol–water partition coefficient (Wildman–Crippen LogP) is 4.04. The van der Waals surface area contributed by atoms with Crippen molar-refractivity contribution in [1.29, 1.82) is 0 Å². The molecule has 1 unspecified atom stereocenters. The van der Waals surface area contributed by atoms with E-state index in [1.165, 1.54) is 5.56 Å². The second kappa shape index (κ2) is 8.81. The van der Waals surface area contributed by atoms with Crippen LogP contribution in [0.25, 0.3) is 6.08 Å². The van der Waals surface area contributed by atoms with E-state index < -0.39 is 0 Å². The molecule has 0 spiro atoms. The van der Waals surface area contributed by atoms with Crippen molar-refractivity contribution in [2.45, 2.75) is 24.8 Å². The van der Waals surface area contributed by atoms with Crippen molar-refractivity contribution in [3.05, 3.63) is 77.9 Å². The van der Waals surface area contributed by atoms with Gasteiger partial charge in [-0.15, -0.1) is 0 Å². The average Bonchev–Trinajstić information content (AvgIpc) is 2.70. The lowest BCUT2D eigenvalue weighted by molar-refractivity contribution is -0.133. The normalized spacial score (nSPS) is 17.3. The van der Waals surface area contributed by atoms with Crippen LogP contribution in [0.3, 0.4) is 0 Å². The molecule has 1 atom stereocenters. The van der Waals surface area contributed by atoms with Gasteiger partial charge in [0.2, 0.25) is 5.91 Å². The number of hydrogen-bond acceptors (Lipinski definition) is 2. The van der Waals surface area contributed by atoms with Gasteiger partial charge in [-0.1, -0.05) is 72.8 Å². The highest BCUT2D eigenvalue weighted by atomic mass is 16.2. The second-order valence-corrected chi connectivity index (χ2v) is 7.17. The summed E-state index contributed by atoms with van der Waals surface area (Å²) in [6, 6.07) is 20.7. The first-order valence-electron chi connectivity index (χ1n) is 9.38. The van der Waals surface area contributed by atoms with Gasteiger partial charge in [0.1, 0.15) is 6.04 Å². The van der Waals surface area contributed by atoms with Crippen molar-refractivity contribution in [3.8, 4) is 0 Å². The molecule has 1 aliphatic rings. The maximum absolute atomic E-state index is 12.7. The summed E-state index contributed by atoms with van der Waals surface area (Å²) in [6.07, 6.45) is 6.32. The predicted molar refractivity (Wildman–Crippen MR) is 108 cm³/mol. The molecule has 3 rings (SSSR count). The Kier molecular flexibility index (Phi) is 6.24. The first-order chi connectivity index (χ1) is 12.6. The molecule has 0 radical (unpaired) electrons. The summed E-state index contributed by atoms with van der Waals surface area (Å²) >= 11 is 0. The molecule has 3 heteroatoms. The zero-order valence-electron chi connectivity index (χ0n) is 15.7. The summed E-state index contributed by atoms with van der Waals surface area (Å²) in [5.74, 6) is 0.746. The van der Waals surface area contributed by atoms with Gasteiger partial charge in [0.25, 0.3) is 0 Å². The van der Waals surface area contributed by atoms with Crippen molar-refractivity contribution in [3.63, 3.8) is 0 Å². The zero-order chi connectivity index (χ0) is 18.4. The van der Waals surface area contributed by atoms with Gasteiger partial charge in [-0.3, -0.25) is 9.69 Å². The van der Waals surface area contributed by atoms with Crippen molar-refractivity contribution in [1.82, 2.24) is 9.80 Å². The van der Waals surface area contributed by atoms with Crippen molar-refractivity contribution in [2.75, 3.05) is 27.2 Å². The number of piperidine rings is 1. The van der Waals surface area contributed by atoms with E-state index in [4.69, 9.17) is 0 Å². The summed E-state index contributed by atoms with van der Waals surface area (Å²) in [6.45, 7) is 1.89. The molecule has 2 aromatic rings. The van der Waals surface area contributed by atoms with Gasteiger partial charge in [0, 0.05) is 14.1 Å². The van der Waals surface area contributed by atoms with Gasteiger partial charge in [0.15, 0.2) is 0 Å². The van der Waals surface area contributed by atoms with Crippen LogP contribution in [-0.4, -0.2) is 48.9 Å². The van der Waals surface area contributed by atoms with Crippen LogP contribution in [0.5, 0.6) is 0 Å². The minimum Gasteiger partial charge on any atom is -0.347 e. The molecule has 1 saturated heterocycles. The molecule has 3 nitrogen and oxygen atoms in total. The minimum atomic E-state index is -0.193. The van der Waals surface area contributed by atoms with E-state index in [0.717, 1.165) is 31.5 Å². The molecule has 0 aromatic heterocycles. The van der Waals surface area contributed by atoms with Crippen LogP contribution in [0.1, 0.15) is 29.9 Å². The van der Waals surface area contributed by atoms with Gasteiger partial charge >= 0.3 is 0 Å². The van der Waals surface area contributed by atoms with Gasteiger partial charge < -0.3 is 4.90 Å². The molecule has 26 heavy (non-hydrogen) atoms. The van der Waals surface area contributed by atoms with Crippen molar-refractivity contribution >= 4 is 12.0 Å². The Bertz CT molecular complexity index is 716. The second-order valence-electron chi connectivity index (χ2n) is 7.17. The number of carbonyl (C=O) groups is 1. The number of carbonyl (C=O) groups excluding carboxylic acids is 1. The number of amides is 1. The third-order valence-corrected chi connectivity index (χ3v) is 5.16. The van der Waals surface area contributed by atoms with Crippen LogP contribution in [0, 0.1) is 0 Å². The Labute approximate surface area is 156 Å². The quantitative estimate of drug-likeness (QED) is 0.814. The van der Waals surface area contributed by atoms with Crippen molar-refractivity contribution < 1.29 is 4.79 Å². The molecule has 0 bridgehead atoms. The fourth-order valence-corrected chi connectivity index (χ4v) is 3.63. The Morgan fingerprint density at radius 3 is 2.15 bits per heavy atom. The number of rotatable bonds is 5. The number of nitrogens with zero attached hydrogens (tertiary/aromatic N) is 2. The average molecular weight is 348 g/mol. The number of likely N-dealkylation sites (tertiary alicyclic amines) is 1. The first-order valence-corrected chi connectivity index (χ1v) is 9.38. The summed E-state index contributed by atoms with van der Waals surface area (Å²) in [7, 11) is 3.67. The van der Waals surface area contributed by atoms with Crippen LogP contribution in [0.4, 0.5) is 0 Å². The molecule has 136 valence electrons. The molecule has 1 amide bonds. The summed E-state index contributed by atoms with van der Waals surface area (Å²) in [4.78, 5) is 16.8. The van der Waals surface area contributed by atoms with E-state index in [1.807, 2.05) is 32.3 Å². The molecule has 1 aliphatic heterocycles. The number of benzene rings is 2. The monoisotopic (exact) mass is 348 g/mol. The van der Waals surface area contributed by atoms with E-state index >= 15 is 0 Å². The van der Waals surface area contributed by atoms with Crippen LogP contribution in [0.2, 0.25) is 0 Å². The first kappa shape index (κ1) is 18.4. The van der Waals surface area contributed by atoms with E-state index in [-0.39, 0.29) is 11.9 Å². The maximum atomic E-state index is 12.7. The fraction of sp³-hybridized carbons (Fsp3) is 0.348. The van der Waals surface area contributed by atoms with Gasteiger partial charge in [-0.25, -0.2) is 0 Å². The molecule has 0 saturated carbocycles. The third-order valence-electron chi connectivity index (χ3n) is 5.16. The lowest BCUT2D eigenvalue weighted by Gasteiger charge is -2.36.